The molecule has 0 fully saturated rings. The second-order valence-electron chi connectivity index (χ2n) is 3.28. The summed E-state index contributed by atoms with van der Waals surface area (Å²) in [6, 6.07) is 4.52. The van der Waals surface area contributed by atoms with Crippen LogP contribution in [0, 0.1) is 0 Å². The lowest BCUT2D eigenvalue weighted by Gasteiger charge is -2.26. The zero-order chi connectivity index (χ0) is 10.1. The molecule has 2 nitrogen and oxygen atoms in total. The van der Waals surface area contributed by atoms with E-state index in [9.17, 15) is 0 Å². The van der Waals surface area contributed by atoms with Crippen molar-refractivity contribution in [3.8, 4) is 5.75 Å². The lowest BCUT2D eigenvalue weighted by Crippen LogP contribution is -2.24. The Labute approximate surface area is 100 Å². The maximum Gasteiger partial charge on any atom is 0.138 e. The van der Waals surface area contributed by atoms with Crippen LogP contribution in [0.5, 0.6) is 5.75 Å². The highest BCUT2D eigenvalue weighted by molar-refractivity contribution is 9.11. The molecule has 1 aliphatic rings. The van der Waals surface area contributed by atoms with E-state index >= 15 is 0 Å². The Hall–Kier alpha value is -0.0600. The van der Waals surface area contributed by atoms with Gasteiger partial charge >= 0.3 is 0 Å². The van der Waals surface area contributed by atoms with Gasteiger partial charge < -0.3 is 10.1 Å². The van der Waals surface area contributed by atoms with E-state index in [0.717, 1.165) is 27.7 Å². The molecule has 1 aromatic carbocycles. The van der Waals surface area contributed by atoms with Crippen LogP contribution in [0.4, 0.5) is 0 Å². The SMILES string of the molecule is CNC1CCOc2c(Br)cc(Br)cc21. The number of benzene rings is 1. The van der Waals surface area contributed by atoms with Crippen LogP contribution >= 0.6 is 31.9 Å². The van der Waals surface area contributed by atoms with Crippen molar-refractivity contribution in [3.63, 3.8) is 0 Å². The third-order valence-electron chi connectivity index (χ3n) is 2.41. The third-order valence-corrected chi connectivity index (χ3v) is 3.46. The minimum atomic E-state index is 0.396. The second-order valence-corrected chi connectivity index (χ2v) is 5.05. The van der Waals surface area contributed by atoms with Crippen LogP contribution in [-0.4, -0.2) is 13.7 Å². The molecule has 4 heteroatoms. The number of fused-ring (bicyclic) bond motifs is 1. The average Bonchev–Trinajstić information content (AvgIpc) is 2.17. The van der Waals surface area contributed by atoms with Gasteiger partial charge in [-0.05, 0) is 35.1 Å². The molecule has 1 atom stereocenters. The normalized spacial score (nSPS) is 20.1. The molecule has 1 N–H and O–H groups in total. The summed E-state index contributed by atoms with van der Waals surface area (Å²) >= 11 is 6.99. The summed E-state index contributed by atoms with van der Waals surface area (Å²) in [6.07, 6.45) is 1.02. The van der Waals surface area contributed by atoms with Gasteiger partial charge in [0.25, 0.3) is 0 Å². The number of ether oxygens (including phenoxy) is 1. The smallest absolute Gasteiger partial charge is 0.138 e. The topological polar surface area (TPSA) is 21.3 Å². The van der Waals surface area contributed by atoms with Crippen molar-refractivity contribution < 1.29 is 4.74 Å². The molecule has 0 radical (unpaired) electrons. The van der Waals surface area contributed by atoms with Gasteiger partial charge in [-0.3, -0.25) is 0 Å². The lowest BCUT2D eigenvalue weighted by atomic mass is 10.0. The number of hydrogen-bond acceptors (Lipinski definition) is 2. The Morgan fingerprint density at radius 3 is 2.93 bits per heavy atom. The molecule has 76 valence electrons. The number of halogens is 2. The molecule has 14 heavy (non-hydrogen) atoms. The predicted octanol–water partition coefficient (Wildman–Crippen LogP) is 3.25. The summed E-state index contributed by atoms with van der Waals surface area (Å²) in [4.78, 5) is 0. The molecule has 0 saturated carbocycles. The van der Waals surface area contributed by atoms with Gasteiger partial charge in [-0.1, -0.05) is 15.9 Å². The Kier molecular flexibility index (Phi) is 3.14. The Morgan fingerprint density at radius 1 is 1.43 bits per heavy atom. The van der Waals surface area contributed by atoms with Gasteiger partial charge in [-0.2, -0.15) is 0 Å². The Balaban J connectivity index is 2.51. The largest absolute Gasteiger partial charge is 0.492 e. The first-order valence-corrected chi connectivity index (χ1v) is 6.10. The van der Waals surface area contributed by atoms with Crippen LogP contribution in [0.1, 0.15) is 18.0 Å². The van der Waals surface area contributed by atoms with E-state index in [1.807, 2.05) is 13.1 Å². The maximum atomic E-state index is 5.63. The number of hydrogen-bond donors (Lipinski definition) is 1. The van der Waals surface area contributed by atoms with Crippen molar-refractivity contribution in [3.05, 3.63) is 26.6 Å². The first-order chi connectivity index (χ1) is 6.72. The molecule has 1 aromatic rings. The highest BCUT2D eigenvalue weighted by Gasteiger charge is 2.22. The monoisotopic (exact) mass is 319 g/mol. The molecule has 0 spiro atoms. The van der Waals surface area contributed by atoms with Gasteiger partial charge in [0.15, 0.2) is 0 Å². The van der Waals surface area contributed by atoms with Crippen LogP contribution < -0.4 is 10.1 Å². The van der Waals surface area contributed by atoms with Crippen molar-refractivity contribution >= 4 is 31.9 Å². The quantitative estimate of drug-likeness (QED) is 0.857. The molecule has 0 saturated heterocycles. The highest BCUT2D eigenvalue weighted by Crippen LogP contribution is 2.39. The van der Waals surface area contributed by atoms with Crippen LogP contribution in [0.3, 0.4) is 0 Å². The molecule has 2 rings (SSSR count). The third kappa shape index (κ3) is 1.83. The van der Waals surface area contributed by atoms with Crippen LogP contribution in [-0.2, 0) is 0 Å². The fourth-order valence-electron chi connectivity index (χ4n) is 1.73. The zero-order valence-corrected chi connectivity index (χ0v) is 11.0. The van der Waals surface area contributed by atoms with Crippen molar-refractivity contribution in [1.82, 2.24) is 5.32 Å². The average molecular weight is 321 g/mol. The summed E-state index contributed by atoms with van der Waals surface area (Å²) in [5.74, 6) is 0.971. The maximum absolute atomic E-state index is 5.63. The summed E-state index contributed by atoms with van der Waals surface area (Å²) in [6.45, 7) is 0.777. The highest BCUT2D eigenvalue weighted by atomic mass is 79.9. The van der Waals surface area contributed by atoms with Crippen LogP contribution in [0.25, 0.3) is 0 Å². The minimum absolute atomic E-state index is 0.396. The van der Waals surface area contributed by atoms with E-state index in [2.05, 4.69) is 43.2 Å². The number of nitrogens with one attached hydrogen (secondary N) is 1. The van der Waals surface area contributed by atoms with Gasteiger partial charge in [0.2, 0.25) is 0 Å². The summed E-state index contributed by atoms with van der Waals surface area (Å²) in [5, 5.41) is 3.29. The first kappa shape index (κ1) is 10.5. The van der Waals surface area contributed by atoms with E-state index < -0.39 is 0 Å². The molecule has 0 aromatic heterocycles. The fourth-order valence-corrected chi connectivity index (χ4v) is 3.10. The standard InChI is InChI=1S/C10H11Br2NO/c1-13-9-2-3-14-10-7(9)4-6(11)5-8(10)12/h4-5,9,13H,2-3H2,1H3. The first-order valence-electron chi connectivity index (χ1n) is 4.51. The molecule has 1 aliphatic heterocycles. The molecule has 0 aliphatic carbocycles. The van der Waals surface area contributed by atoms with Crippen LogP contribution in [0.15, 0.2) is 21.1 Å². The summed E-state index contributed by atoms with van der Waals surface area (Å²) in [5.41, 5.74) is 1.22. The van der Waals surface area contributed by atoms with Gasteiger partial charge in [-0.15, -0.1) is 0 Å². The van der Waals surface area contributed by atoms with E-state index in [4.69, 9.17) is 4.74 Å². The van der Waals surface area contributed by atoms with Gasteiger partial charge in [0.05, 0.1) is 11.1 Å². The van der Waals surface area contributed by atoms with Gasteiger partial charge in [0, 0.05) is 22.5 Å². The Bertz CT molecular complexity index is 354. The summed E-state index contributed by atoms with van der Waals surface area (Å²) < 4.78 is 7.73. The van der Waals surface area contributed by atoms with E-state index in [1.165, 1.54) is 5.56 Å². The molecular formula is C10H11Br2NO. The Morgan fingerprint density at radius 2 is 2.21 bits per heavy atom. The van der Waals surface area contributed by atoms with Crippen molar-refractivity contribution in [2.24, 2.45) is 0 Å². The molecule has 0 amide bonds. The van der Waals surface area contributed by atoms with Crippen LogP contribution in [0.2, 0.25) is 0 Å². The molecule has 0 bridgehead atoms. The fraction of sp³-hybridized carbons (Fsp3) is 0.400. The number of rotatable bonds is 1. The van der Waals surface area contributed by atoms with E-state index in [-0.39, 0.29) is 0 Å². The van der Waals surface area contributed by atoms with Crippen molar-refractivity contribution in [2.75, 3.05) is 13.7 Å². The van der Waals surface area contributed by atoms with Crippen molar-refractivity contribution in [1.29, 1.82) is 0 Å². The minimum Gasteiger partial charge on any atom is -0.492 e. The lowest BCUT2D eigenvalue weighted by molar-refractivity contribution is 0.255. The second kappa shape index (κ2) is 4.21. The molecule has 1 unspecified atom stereocenters. The van der Waals surface area contributed by atoms with Crippen molar-refractivity contribution in [2.45, 2.75) is 12.5 Å². The predicted molar refractivity (Wildman–Crippen MR) is 63.8 cm³/mol. The van der Waals surface area contributed by atoms with E-state index in [1.54, 1.807) is 0 Å². The zero-order valence-electron chi connectivity index (χ0n) is 7.81. The van der Waals surface area contributed by atoms with E-state index in [0.29, 0.717) is 6.04 Å². The molecular weight excluding hydrogens is 310 g/mol. The molecule has 1 heterocycles. The summed E-state index contributed by atoms with van der Waals surface area (Å²) in [7, 11) is 1.98. The van der Waals surface area contributed by atoms with Gasteiger partial charge in [0.1, 0.15) is 5.75 Å². The van der Waals surface area contributed by atoms with Gasteiger partial charge in [-0.25, -0.2) is 0 Å².